The summed E-state index contributed by atoms with van der Waals surface area (Å²) in [6.07, 6.45) is 3.01. The molecule has 2 aliphatic rings. The Hall–Kier alpha value is -2.37. The van der Waals surface area contributed by atoms with Crippen molar-refractivity contribution in [2.45, 2.75) is 38.3 Å². The van der Waals surface area contributed by atoms with Crippen LogP contribution in [0.15, 0.2) is 48.5 Å². The van der Waals surface area contributed by atoms with Gasteiger partial charge in [-0.15, -0.1) is 0 Å². The first-order chi connectivity index (χ1) is 14.1. The fourth-order valence-electron chi connectivity index (χ4n) is 4.46. The van der Waals surface area contributed by atoms with Crippen molar-refractivity contribution in [2.75, 3.05) is 38.3 Å². The van der Waals surface area contributed by atoms with Gasteiger partial charge in [0.1, 0.15) is 12.4 Å². The van der Waals surface area contributed by atoms with E-state index in [2.05, 4.69) is 24.0 Å². The largest absolute Gasteiger partial charge is 0.497 e. The lowest BCUT2D eigenvalue weighted by atomic mass is 9.92. The molecule has 4 rings (SSSR count). The van der Waals surface area contributed by atoms with Gasteiger partial charge in [-0.1, -0.05) is 24.3 Å². The maximum atomic E-state index is 12.5. The Balaban J connectivity index is 1.43. The molecule has 29 heavy (non-hydrogen) atoms. The lowest BCUT2D eigenvalue weighted by molar-refractivity contribution is -0.140. The Morgan fingerprint density at radius 3 is 2.69 bits per heavy atom. The molecule has 0 aliphatic carbocycles. The molecule has 0 N–H and O–H groups in total. The van der Waals surface area contributed by atoms with Gasteiger partial charge in [0.15, 0.2) is 0 Å². The van der Waals surface area contributed by atoms with Crippen molar-refractivity contribution in [3.8, 4) is 5.75 Å². The number of hydrogen-bond donors (Lipinski definition) is 0. The van der Waals surface area contributed by atoms with Gasteiger partial charge in [-0.05, 0) is 68.1 Å². The number of amides is 1. The third-order valence-corrected chi connectivity index (χ3v) is 6.25. The van der Waals surface area contributed by atoms with E-state index in [0.29, 0.717) is 6.54 Å². The molecule has 2 heterocycles. The van der Waals surface area contributed by atoms with Crippen LogP contribution in [0.25, 0.3) is 0 Å². The van der Waals surface area contributed by atoms with E-state index in [0.717, 1.165) is 50.3 Å². The van der Waals surface area contributed by atoms with Crippen LogP contribution in [-0.4, -0.2) is 49.8 Å². The molecular weight excluding hydrogens is 364 g/mol. The van der Waals surface area contributed by atoms with Crippen molar-refractivity contribution in [1.29, 1.82) is 0 Å². The molecule has 5 nitrogen and oxygen atoms in total. The van der Waals surface area contributed by atoms with Gasteiger partial charge in [0.25, 0.3) is 5.91 Å². The first-order valence-corrected chi connectivity index (χ1v) is 10.4. The summed E-state index contributed by atoms with van der Waals surface area (Å²) in [6, 6.07) is 16.3. The minimum Gasteiger partial charge on any atom is -0.497 e. The molecule has 1 amide bonds. The standard InChI is InChI=1S/C24H30N2O3/c1-19-15-22(28-2)10-9-20(19)16-25-13-6-11-24(12-14-25)18-26(23(27)17-29-24)21-7-4-3-5-8-21/h3-5,7-10,15H,6,11-14,16-18H2,1-2H3. The second-order valence-corrected chi connectivity index (χ2v) is 8.21. The minimum absolute atomic E-state index is 0.0526. The van der Waals surface area contributed by atoms with Crippen LogP contribution in [0.4, 0.5) is 5.69 Å². The van der Waals surface area contributed by atoms with E-state index < -0.39 is 0 Å². The molecular formula is C24H30N2O3. The van der Waals surface area contributed by atoms with E-state index in [1.165, 1.54) is 11.1 Å². The first kappa shape index (κ1) is 19.9. The number of nitrogens with zero attached hydrogens (tertiary/aromatic N) is 2. The number of hydrogen-bond acceptors (Lipinski definition) is 4. The van der Waals surface area contributed by atoms with Crippen LogP contribution in [0, 0.1) is 6.92 Å². The summed E-state index contributed by atoms with van der Waals surface area (Å²) in [7, 11) is 1.70. The Bertz CT molecular complexity index is 854. The van der Waals surface area contributed by atoms with Gasteiger partial charge < -0.3 is 14.4 Å². The van der Waals surface area contributed by atoms with Gasteiger partial charge in [0.05, 0.1) is 19.3 Å². The number of para-hydroxylation sites is 1. The lowest BCUT2D eigenvalue weighted by Gasteiger charge is -2.42. The topological polar surface area (TPSA) is 42.0 Å². The molecule has 2 saturated heterocycles. The quantitative estimate of drug-likeness (QED) is 0.791. The third kappa shape index (κ3) is 4.46. The number of ether oxygens (including phenoxy) is 2. The highest BCUT2D eigenvalue weighted by molar-refractivity contribution is 5.95. The fraction of sp³-hybridized carbons (Fsp3) is 0.458. The molecule has 2 aliphatic heterocycles. The average molecular weight is 395 g/mol. The summed E-state index contributed by atoms with van der Waals surface area (Å²) in [5, 5.41) is 0. The molecule has 0 bridgehead atoms. The highest BCUT2D eigenvalue weighted by atomic mass is 16.5. The van der Waals surface area contributed by atoms with E-state index in [4.69, 9.17) is 9.47 Å². The van der Waals surface area contributed by atoms with Gasteiger partial charge in [0, 0.05) is 18.8 Å². The Morgan fingerprint density at radius 1 is 1.10 bits per heavy atom. The predicted octanol–water partition coefficient (Wildman–Crippen LogP) is 3.79. The number of benzene rings is 2. The van der Waals surface area contributed by atoms with E-state index >= 15 is 0 Å². The zero-order chi connectivity index (χ0) is 20.3. The maximum Gasteiger partial charge on any atom is 0.253 e. The molecule has 1 spiro atoms. The van der Waals surface area contributed by atoms with Crippen molar-refractivity contribution < 1.29 is 14.3 Å². The van der Waals surface area contributed by atoms with Gasteiger partial charge >= 0.3 is 0 Å². The molecule has 2 aromatic rings. The summed E-state index contributed by atoms with van der Waals surface area (Å²) in [4.78, 5) is 16.9. The van der Waals surface area contributed by atoms with Crippen LogP contribution >= 0.6 is 0 Å². The van der Waals surface area contributed by atoms with Crippen molar-refractivity contribution in [2.24, 2.45) is 0 Å². The minimum atomic E-state index is -0.243. The summed E-state index contributed by atoms with van der Waals surface area (Å²) in [5.41, 5.74) is 3.33. The summed E-state index contributed by atoms with van der Waals surface area (Å²) in [6.45, 7) is 5.92. The average Bonchev–Trinajstić information content (AvgIpc) is 2.94. The molecule has 0 aromatic heterocycles. The normalized spacial score (nSPS) is 23.2. The zero-order valence-electron chi connectivity index (χ0n) is 17.4. The van der Waals surface area contributed by atoms with E-state index in [-0.39, 0.29) is 18.1 Å². The molecule has 0 radical (unpaired) electrons. The second kappa shape index (κ2) is 8.56. The summed E-state index contributed by atoms with van der Waals surface area (Å²) < 4.78 is 11.5. The molecule has 5 heteroatoms. The summed E-state index contributed by atoms with van der Waals surface area (Å²) in [5.74, 6) is 0.958. The maximum absolute atomic E-state index is 12.5. The van der Waals surface area contributed by atoms with Crippen LogP contribution in [0.3, 0.4) is 0 Å². The molecule has 1 unspecified atom stereocenters. The number of rotatable bonds is 4. The van der Waals surface area contributed by atoms with Crippen molar-refractivity contribution in [1.82, 2.24) is 4.90 Å². The van der Waals surface area contributed by atoms with Crippen LogP contribution in [0.1, 0.15) is 30.4 Å². The number of carbonyl (C=O) groups is 1. The number of carbonyl (C=O) groups excluding carboxylic acids is 1. The lowest BCUT2D eigenvalue weighted by Crippen LogP contribution is -2.55. The van der Waals surface area contributed by atoms with Crippen LogP contribution in [0.5, 0.6) is 5.75 Å². The molecule has 154 valence electrons. The van der Waals surface area contributed by atoms with E-state index in [1.807, 2.05) is 41.3 Å². The Morgan fingerprint density at radius 2 is 1.93 bits per heavy atom. The smallest absolute Gasteiger partial charge is 0.253 e. The van der Waals surface area contributed by atoms with E-state index in [1.54, 1.807) is 7.11 Å². The predicted molar refractivity (Wildman–Crippen MR) is 114 cm³/mol. The number of aryl methyl sites for hydroxylation is 1. The Kier molecular flexibility index (Phi) is 5.88. The first-order valence-electron chi connectivity index (χ1n) is 10.4. The molecule has 2 aromatic carbocycles. The van der Waals surface area contributed by atoms with Crippen molar-refractivity contribution >= 4 is 11.6 Å². The fourth-order valence-corrected chi connectivity index (χ4v) is 4.46. The number of likely N-dealkylation sites (tertiary alicyclic amines) is 1. The SMILES string of the molecule is COc1ccc(CN2CCCC3(CC2)CN(c2ccccc2)C(=O)CO3)c(C)c1. The van der Waals surface area contributed by atoms with Crippen LogP contribution in [-0.2, 0) is 16.1 Å². The van der Waals surface area contributed by atoms with Gasteiger partial charge in [-0.2, -0.15) is 0 Å². The molecule has 1 atom stereocenters. The highest BCUT2D eigenvalue weighted by Crippen LogP contribution is 2.33. The van der Waals surface area contributed by atoms with Crippen LogP contribution in [0.2, 0.25) is 0 Å². The van der Waals surface area contributed by atoms with Crippen molar-refractivity contribution in [3.05, 3.63) is 59.7 Å². The van der Waals surface area contributed by atoms with Gasteiger partial charge in [-0.25, -0.2) is 0 Å². The van der Waals surface area contributed by atoms with Crippen molar-refractivity contribution in [3.63, 3.8) is 0 Å². The Labute approximate surface area is 173 Å². The number of methoxy groups -OCH3 is 1. The van der Waals surface area contributed by atoms with E-state index in [9.17, 15) is 4.79 Å². The zero-order valence-corrected chi connectivity index (χ0v) is 17.4. The van der Waals surface area contributed by atoms with Crippen LogP contribution < -0.4 is 9.64 Å². The molecule has 2 fully saturated rings. The monoisotopic (exact) mass is 394 g/mol. The summed E-state index contributed by atoms with van der Waals surface area (Å²) >= 11 is 0. The number of anilines is 1. The second-order valence-electron chi connectivity index (χ2n) is 8.21. The van der Waals surface area contributed by atoms with Gasteiger partial charge in [0.2, 0.25) is 0 Å². The third-order valence-electron chi connectivity index (χ3n) is 6.25. The van der Waals surface area contributed by atoms with Gasteiger partial charge in [-0.3, -0.25) is 9.69 Å². The number of morpholine rings is 1. The highest BCUT2D eigenvalue weighted by Gasteiger charge is 2.41. The molecule has 0 saturated carbocycles.